The number of aliphatic imine (C=N–C) groups is 1. The second-order valence-electron chi connectivity index (χ2n) is 8.74. The van der Waals surface area contributed by atoms with Crippen molar-refractivity contribution in [2.75, 3.05) is 29.9 Å². The lowest BCUT2D eigenvalue weighted by Gasteiger charge is -2.28. The van der Waals surface area contributed by atoms with Crippen molar-refractivity contribution < 1.29 is 4.39 Å². The predicted octanol–water partition coefficient (Wildman–Crippen LogP) is 4.53. The van der Waals surface area contributed by atoms with Crippen LogP contribution in [0.5, 0.6) is 0 Å². The SMILES string of the molecule is Fc1cnc(N2CC(C3CCNCC3)c3ccccc32)nc1Nc1ccc2c(c1)C=NC2. The number of benzene rings is 2. The number of anilines is 4. The molecular formula is C25H25FN6. The molecular weight excluding hydrogens is 403 g/mol. The van der Waals surface area contributed by atoms with E-state index in [1.807, 2.05) is 30.5 Å². The summed E-state index contributed by atoms with van der Waals surface area (Å²) in [5, 5.41) is 6.60. The van der Waals surface area contributed by atoms with E-state index in [-0.39, 0.29) is 5.82 Å². The maximum absolute atomic E-state index is 14.6. The van der Waals surface area contributed by atoms with Crippen LogP contribution in [0.15, 0.2) is 53.7 Å². The number of piperidine rings is 1. The number of halogens is 1. The molecule has 162 valence electrons. The van der Waals surface area contributed by atoms with E-state index in [1.165, 1.54) is 30.2 Å². The minimum atomic E-state index is -0.467. The number of hydrogen-bond donors (Lipinski definition) is 2. The minimum Gasteiger partial charge on any atom is -0.338 e. The van der Waals surface area contributed by atoms with E-state index in [9.17, 15) is 4.39 Å². The highest BCUT2D eigenvalue weighted by atomic mass is 19.1. The second kappa shape index (κ2) is 7.98. The molecule has 1 unspecified atom stereocenters. The Bertz CT molecular complexity index is 1190. The summed E-state index contributed by atoms with van der Waals surface area (Å²) in [5.41, 5.74) is 5.50. The van der Waals surface area contributed by atoms with Gasteiger partial charge < -0.3 is 15.5 Å². The van der Waals surface area contributed by atoms with Gasteiger partial charge in [0.2, 0.25) is 5.95 Å². The van der Waals surface area contributed by atoms with Crippen LogP contribution in [-0.2, 0) is 6.54 Å². The monoisotopic (exact) mass is 428 g/mol. The fourth-order valence-corrected chi connectivity index (χ4v) is 5.17. The molecule has 6 rings (SSSR count). The zero-order valence-electron chi connectivity index (χ0n) is 17.8. The van der Waals surface area contributed by atoms with E-state index in [0.717, 1.165) is 36.6 Å². The average molecular weight is 429 g/mol. The Morgan fingerprint density at radius 2 is 1.97 bits per heavy atom. The maximum atomic E-state index is 14.6. The largest absolute Gasteiger partial charge is 0.338 e. The third kappa shape index (κ3) is 3.42. The van der Waals surface area contributed by atoms with Crippen LogP contribution in [0.2, 0.25) is 0 Å². The summed E-state index contributed by atoms with van der Waals surface area (Å²) < 4.78 is 14.6. The van der Waals surface area contributed by atoms with Gasteiger partial charge in [-0.05, 0) is 66.7 Å². The lowest BCUT2D eigenvalue weighted by molar-refractivity contribution is 0.327. The number of para-hydroxylation sites is 1. The molecule has 0 bridgehead atoms. The van der Waals surface area contributed by atoms with Crippen LogP contribution >= 0.6 is 0 Å². The molecule has 32 heavy (non-hydrogen) atoms. The quantitative estimate of drug-likeness (QED) is 0.639. The van der Waals surface area contributed by atoms with Crippen LogP contribution in [0.4, 0.5) is 27.5 Å². The number of rotatable bonds is 4. The summed E-state index contributed by atoms with van der Waals surface area (Å²) in [6.45, 7) is 3.66. The van der Waals surface area contributed by atoms with Crippen LogP contribution in [0.1, 0.15) is 35.4 Å². The lowest BCUT2D eigenvalue weighted by atomic mass is 9.82. The van der Waals surface area contributed by atoms with Crippen molar-refractivity contribution in [1.29, 1.82) is 0 Å². The van der Waals surface area contributed by atoms with Crippen LogP contribution in [0.3, 0.4) is 0 Å². The lowest BCUT2D eigenvalue weighted by Crippen LogP contribution is -2.32. The molecule has 1 saturated heterocycles. The van der Waals surface area contributed by atoms with Gasteiger partial charge in [0, 0.05) is 30.1 Å². The van der Waals surface area contributed by atoms with Crippen molar-refractivity contribution in [1.82, 2.24) is 15.3 Å². The van der Waals surface area contributed by atoms with Crippen molar-refractivity contribution in [2.24, 2.45) is 10.9 Å². The van der Waals surface area contributed by atoms with Gasteiger partial charge in [-0.15, -0.1) is 0 Å². The van der Waals surface area contributed by atoms with Gasteiger partial charge in [-0.2, -0.15) is 4.98 Å². The molecule has 1 atom stereocenters. The summed E-state index contributed by atoms with van der Waals surface area (Å²) in [6.07, 6.45) is 5.46. The molecule has 3 aliphatic rings. The van der Waals surface area contributed by atoms with Crippen molar-refractivity contribution in [2.45, 2.75) is 25.3 Å². The number of hydrogen-bond acceptors (Lipinski definition) is 6. The van der Waals surface area contributed by atoms with Gasteiger partial charge in [0.05, 0.1) is 12.7 Å². The first-order chi connectivity index (χ1) is 15.8. The van der Waals surface area contributed by atoms with Gasteiger partial charge in [0.25, 0.3) is 0 Å². The molecule has 0 spiro atoms. The van der Waals surface area contributed by atoms with E-state index >= 15 is 0 Å². The Morgan fingerprint density at radius 3 is 2.88 bits per heavy atom. The first kappa shape index (κ1) is 19.4. The summed E-state index contributed by atoms with van der Waals surface area (Å²) in [6, 6.07) is 14.4. The van der Waals surface area contributed by atoms with Gasteiger partial charge in [-0.3, -0.25) is 4.99 Å². The second-order valence-corrected chi connectivity index (χ2v) is 8.74. The van der Waals surface area contributed by atoms with Crippen LogP contribution < -0.4 is 15.5 Å². The topological polar surface area (TPSA) is 65.4 Å². The molecule has 0 radical (unpaired) electrons. The molecule has 0 saturated carbocycles. The first-order valence-electron chi connectivity index (χ1n) is 11.3. The molecule has 3 aromatic rings. The molecule has 4 heterocycles. The molecule has 3 aliphatic heterocycles. The normalized spacial score (nSPS) is 19.8. The predicted molar refractivity (Wildman–Crippen MR) is 125 cm³/mol. The molecule has 1 aromatic heterocycles. The Balaban J connectivity index is 1.31. The Morgan fingerprint density at radius 1 is 1.09 bits per heavy atom. The van der Waals surface area contributed by atoms with Gasteiger partial charge in [-0.1, -0.05) is 24.3 Å². The third-order valence-electron chi connectivity index (χ3n) is 6.83. The van der Waals surface area contributed by atoms with Gasteiger partial charge in [0.15, 0.2) is 11.6 Å². The van der Waals surface area contributed by atoms with Crippen molar-refractivity contribution in [3.05, 3.63) is 71.2 Å². The van der Waals surface area contributed by atoms with E-state index in [4.69, 9.17) is 0 Å². The molecule has 0 aliphatic carbocycles. The summed E-state index contributed by atoms with van der Waals surface area (Å²) in [4.78, 5) is 15.4. The molecule has 0 amide bonds. The maximum Gasteiger partial charge on any atom is 0.232 e. The highest BCUT2D eigenvalue weighted by molar-refractivity contribution is 5.86. The molecule has 7 heteroatoms. The molecule has 2 N–H and O–H groups in total. The number of nitrogens with zero attached hydrogens (tertiary/aromatic N) is 4. The first-order valence-corrected chi connectivity index (χ1v) is 11.3. The smallest absolute Gasteiger partial charge is 0.232 e. The van der Waals surface area contributed by atoms with Crippen molar-refractivity contribution >= 4 is 29.4 Å². The number of nitrogens with one attached hydrogen (secondary N) is 2. The van der Waals surface area contributed by atoms with E-state index in [0.29, 0.717) is 24.3 Å². The minimum absolute atomic E-state index is 0.188. The zero-order valence-corrected chi connectivity index (χ0v) is 17.8. The van der Waals surface area contributed by atoms with Crippen LogP contribution in [0.25, 0.3) is 0 Å². The van der Waals surface area contributed by atoms with Gasteiger partial charge >= 0.3 is 0 Å². The zero-order chi connectivity index (χ0) is 21.5. The number of aromatic nitrogens is 2. The highest BCUT2D eigenvalue weighted by Crippen LogP contribution is 2.45. The molecule has 6 nitrogen and oxygen atoms in total. The summed E-state index contributed by atoms with van der Waals surface area (Å²) in [7, 11) is 0. The van der Waals surface area contributed by atoms with Gasteiger partial charge in [0.1, 0.15) is 0 Å². The third-order valence-corrected chi connectivity index (χ3v) is 6.83. The fourth-order valence-electron chi connectivity index (χ4n) is 5.17. The standard InChI is InChI=1S/C25H25FN6/c26-22-14-29-25(31-24(22)30-19-6-5-17-12-28-13-18(17)11-19)32-15-21(16-7-9-27-10-8-16)20-3-1-2-4-23(20)32/h1-6,11,13-14,16,21,27H,7-10,12,15H2,(H,29,30,31). The van der Waals surface area contributed by atoms with Crippen LogP contribution in [-0.4, -0.2) is 35.8 Å². The van der Waals surface area contributed by atoms with E-state index in [1.54, 1.807) is 0 Å². The average Bonchev–Trinajstić information content (AvgIpc) is 3.46. The fraction of sp³-hybridized carbons (Fsp3) is 0.320. The van der Waals surface area contributed by atoms with E-state index < -0.39 is 5.82 Å². The van der Waals surface area contributed by atoms with Crippen LogP contribution in [0, 0.1) is 11.7 Å². The Kier molecular flexibility index (Phi) is 4.83. The molecule has 2 aromatic carbocycles. The number of fused-ring (bicyclic) bond motifs is 2. The summed E-state index contributed by atoms with van der Waals surface area (Å²) >= 11 is 0. The van der Waals surface area contributed by atoms with E-state index in [2.05, 4.69) is 48.7 Å². The Labute approximate surface area is 186 Å². The highest BCUT2D eigenvalue weighted by Gasteiger charge is 2.36. The van der Waals surface area contributed by atoms with Crippen molar-refractivity contribution in [3.8, 4) is 0 Å². The molecule has 1 fully saturated rings. The Hall–Kier alpha value is -3.32. The van der Waals surface area contributed by atoms with Crippen molar-refractivity contribution in [3.63, 3.8) is 0 Å². The van der Waals surface area contributed by atoms with Gasteiger partial charge in [-0.25, -0.2) is 9.37 Å². The summed E-state index contributed by atoms with van der Waals surface area (Å²) in [5.74, 6) is 1.32.